The lowest BCUT2D eigenvalue weighted by molar-refractivity contribution is -0.137. The average Bonchev–Trinajstić information content (AvgIpc) is 2.38. The molecule has 0 spiro atoms. The van der Waals surface area contributed by atoms with Crippen LogP contribution < -0.4 is 5.32 Å². The van der Waals surface area contributed by atoms with E-state index in [2.05, 4.69) is 10.3 Å². The topological polar surface area (TPSA) is 24.9 Å². The third-order valence-corrected chi connectivity index (χ3v) is 3.03. The van der Waals surface area contributed by atoms with Crippen LogP contribution in [0, 0.1) is 6.92 Å². The molecule has 1 aromatic heterocycles. The van der Waals surface area contributed by atoms with Crippen LogP contribution >= 0.6 is 0 Å². The van der Waals surface area contributed by atoms with E-state index < -0.39 is 11.7 Å². The van der Waals surface area contributed by atoms with Crippen LogP contribution in [0.5, 0.6) is 0 Å². The highest BCUT2D eigenvalue weighted by molar-refractivity contribution is 5.41. The predicted octanol–water partition coefficient (Wildman–Crippen LogP) is 4.58. The average molecular weight is 280 g/mol. The summed E-state index contributed by atoms with van der Waals surface area (Å²) in [4.78, 5) is 3.92. The minimum absolute atomic E-state index is 0.119. The molecule has 0 saturated carbocycles. The number of anilines is 1. The van der Waals surface area contributed by atoms with Gasteiger partial charge in [-0.15, -0.1) is 0 Å². The first kappa shape index (κ1) is 14.4. The van der Waals surface area contributed by atoms with Crippen molar-refractivity contribution in [1.82, 2.24) is 4.98 Å². The van der Waals surface area contributed by atoms with Gasteiger partial charge in [-0.25, -0.2) is 4.98 Å². The van der Waals surface area contributed by atoms with Gasteiger partial charge in [0.2, 0.25) is 0 Å². The zero-order valence-corrected chi connectivity index (χ0v) is 11.2. The van der Waals surface area contributed by atoms with Gasteiger partial charge < -0.3 is 5.32 Å². The number of aryl methyl sites for hydroxylation is 1. The van der Waals surface area contributed by atoms with E-state index in [0.29, 0.717) is 0 Å². The molecular formula is C15H15F3N2. The summed E-state index contributed by atoms with van der Waals surface area (Å²) in [5.74, 6) is 0.216. The molecule has 20 heavy (non-hydrogen) atoms. The second-order valence-electron chi connectivity index (χ2n) is 4.70. The molecule has 0 fully saturated rings. The standard InChI is InChI=1S/C15H15F3N2/c1-10-3-5-12(6-4-10)11(2)20-14-9-13(7-8-19-14)15(16,17)18/h3-9,11H,1-2H3,(H,19,20). The molecule has 2 aromatic rings. The minimum atomic E-state index is -4.35. The molecule has 0 amide bonds. The fourth-order valence-corrected chi connectivity index (χ4v) is 1.85. The smallest absolute Gasteiger partial charge is 0.364 e. The van der Waals surface area contributed by atoms with Crippen molar-refractivity contribution in [1.29, 1.82) is 0 Å². The van der Waals surface area contributed by atoms with Crippen LogP contribution in [0.15, 0.2) is 42.6 Å². The van der Waals surface area contributed by atoms with Crippen molar-refractivity contribution >= 4 is 5.82 Å². The first-order valence-electron chi connectivity index (χ1n) is 6.22. The normalized spacial score (nSPS) is 13.1. The molecule has 5 heteroatoms. The Bertz CT molecular complexity index is 576. The van der Waals surface area contributed by atoms with Crippen LogP contribution in [0.1, 0.15) is 29.7 Å². The SMILES string of the molecule is Cc1ccc(C(C)Nc2cc(C(F)(F)F)ccn2)cc1. The first-order valence-corrected chi connectivity index (χ1v) is 6.22. The molecule has 106 valence electrons. The molecule has 1 unspecified atom stereocenters. The van der Waals surface area contributed by atoms with Gasteiger partial charge in [0.05, 0.1) is 5.56 Å². The number of pyridine rings is 1. The molecule has 1 N–H and O–H groups in total. The number of nitrogens with zero attached hydrogens (tertiary/aromatic N) is 1. The molecule has 0 saturated heterocycles. The van der Waals surface area contributed by atoms with Crippen molar-refractivity contribution in [3.05, 3.63) is 59.3 Å². The van der Waals surface area contributed by atoms with Crippen LogP contribution in [0.3, 0.4) is 0 Å². The summed E-state index contributed by atoms with van der Waals surface area (Å²) in [7, 11) is 0. The van der Waals surface area contributed by atoms with E-state index in [9.17, 15) is 13.2 Å². The Balaban J connectivity index is 2.15. The van der Waals surface area contributed by atoms with E-state index >= 15 is 0 Å². The first-order chi connectivity index (χ1) is 9.36. The highest BCUT2D eigenvalue weighted by atomic mass is 19.4. The number of benzene rings is 1. The molecule has 1 heterocycles. The maximum Gasteiger partial charge on any atom is 0.416 e. The van der Waals surface area contributed by atoms with Gasteiger partial charge in [-0.05, 0) is 31.5 Å². The van der Waals surface area contributed by atoms with Crippen molar-refractivity contribution in [2.75, 3.05) is 5.32 Å². The molecular weight excluding hydrogens is 265 g/mol. The zero-order chi connectivity index (χ0) is 14.8. The van der Waals surface area contributed by atoms with Crippen molar-refractivity contribution < 1.29 is 13.2 Å². The predicted molar refractivity (Wildman–Crippen MR) is 72.5 cm³/mol. The van der Waals surface area contributed by atoms with Crippen molar-refractivity contribution in [3.63, 3.8) is 0 Å². The third-order valence-electron chi connectivity index (χ3n) is 3.03. The van der Waals surface area contributed by atoms with Crippen LogP contribution in [-0.4, -0.2) is 4.98 Å². The van der Waals surface area contributed by atoms with Crippen LogP contribution in [0.25, 0.3) is 0 Å². The van der Waals surface area contributed by atoms with Gasteiger partial charge in [0, 0.05) is 12.2 Å². The summed E-state index contributed by atoms with van der Waals surface area (Å²) in [6.45, 7) is 3.86. The molecule has 0 radical (unpaired) electrons. The third kappa shape index (κ3) is 3.50. The number of aromatic nitrogens is 1. The van der Waals surface area contributed by atoms with Crippen molar-refractivity contribution in [3.8, 4) is 0 Å². The Morgan fingerprint density at radius 3 is 2.35 bits per heavy atom. The number of alkyl halides is 3. The maximum absolute atomic E-state index is 12.6. The molecule has 1 atom stereocenters. The van der Waals surface area contributed by atoms with Crippen LogP contribution in [0.2, 0.25) is 0 Å². The van der Waals surface area contributed by atoms with Gasteiger partial charge in [0.1, 0.15) is 5.82 Å². The summed E-state index contributed by atoms with van der Waals surface area (Å²) in [6.07, 6.45) is -3.19. The summed E-state index contributed by atoms with van der Waals surface area (Å²) in [6, 6.07) is 9.68. The second-order valence-corrected chi connectivity index (χ2v) is 4.70. The van der Waals surface area contributed by atoms with Crippen LogP contribution in [-0.2, 0) is 6.18 Å². The lowest BCUT2D eigenvalue weighted by atomic mass is 10.1. The Kier molecular flexibility index (Phi) is 3.97. The molecule has 0 aliphatic heterocycles. The van der Waals surface area contributed by atoms with E-state index in [1.807, 2.05) is 38.1 Å². The number of hydrogen-bond donors (Lipinski definition) is 1. The Morgan fingerprint density at radius 1 is 1.10 bits per heavy atom. The number of halogens is 3. The van der Waals surface area contributed by atoms with Gasteiger partial charge in [-0.2, -0.15) is 13.2 Å². The summed E-state index contributed by atoms with van der Waals surface area (Å²) in [5, 5.41) is 2.98. The minimum Gasteiger partial charge on any atom is -0.364 e. The van der Waals surface area contributed by atoms with Crippen LogP contribution in [0.4, 0.5) is 19.0 Å². The fraction of sp³-hybridized carbons (Fsp3) is 0.267. The molecule has 0 aliphatic carbocycles. The largest absolute Gasteiger partial charge is 0.416 e. The van der Waals surface area contributed by atoms with E-state index in [1.54, 1.807) is 0 Å². The Labute approximate surface area is 115 Å². The Morgan fingerprint density at radius 2 is 1.75 bits per heavy atom. The van der Waals surface area contributed by atoms with Crippen molar-refractivity contribution in [2.45, 2.75) is 26.1 Å². The molecule has 0 aliphatic rings. The number of rotatable bonds is 3. The highest BCUT2D eigenvalue weighted by Crippen LogP contribution is 2.30. The molecule has 2 nitrogen and oxygen atoms in total. The number of hydrogen-bond acceptors (Lipinski definition) is 2. The quantitative estimate of drug-likeness (QED) is 0.890. The fourth-order valence-electron chi connectivity index (χ4n) is 1.85. The zero-order valence-electron chi connectivity index (χ0n) is 11.2. The van der Waals surface area contributed by atoms with E-state index in [0.717, 1.165) is 29.5 Å². The summed E-state index contributed by atoms with van der Waals surface area (Å²) in [5.41, 5.74) is 1.43. The van der Waals surface area contributed by atoms with E-state index in [1.165, 1.54) is 0 Å². The van der Waals surface area contributed by atoms with Gasteiger partial charge in [0.15, 0.2) is 0 Å². The van der Waals surface area contributed by atoms with Gasteiger partial charge in [-0.3, -0.25) is 0 Å². The molecule has 2 rings (SSSR count). The maximum atomic E-state index is 12.6. The lowest BCUT2D eigenvalue weighted by Crippen LogP contribution is -2.10. The highest BCUT2D eigenvalue weighted by Gasteiger charge is 2.30. The molecule has 0 bridgehead atoms. The van der Waals surface area contributed by atoms with E-state index in [4.69, 9.17) is 0 Å². The van der Waals surface area contributed by atoms with Gasteiger partial charge in [0.25, 0.3) is 0 Å². The van der Waals surface area contributed by atoms with E-state index in [-0.39, 0.29) is 11.9 Å². The Hall–Kier alpha value is -2.04. The summed E-state index contributed by atoms with van der Waals surface area (Å²) >= 11 is 0. The van der Waals surface area contributed by atoms with Gasteiger partial charge in [-0.1, -0.05) is 29.8 Å². The second kappa shape index (κ2) is 5.53. The monoisotopic (exact) mass is 280 g/mol. The van der Waals surface area contributed by atoms with Gasteiger partial charge >= 0.3 is 6.18 Å². The summed E-state index contributed by atoms with van der Waals surface area (Å²) < 4.78 is 37.9. The van der Waals surface area contributed by atoms with Crippen molar-refractivity contribution in [2.24, 2.45) is 0 Å². The lowest BCUT2D eigenvalue weighted by Gasteiger charge is -2.16. The number of nitrogens with one attached hydrogen (secondary N) is 1. The molecule has 1 aromatic carbocycles.